The number of carbonyl (C=O) groups is 2. The largest absolute Gasteiger partial charge is 0.341 e. The Kier molecular flexibility index (Phi) is 4.36. The number of ketones is 1. The second kappa shape index (κ2) is 6.00. The number of amides is 1. The van der Waals surface area contributed by atoms with Crippen LogP contribution in [0.4, 0.5) is 4.39 Å². The van der Waals surface area contributed by atoms with E-state index >= 15 is 0 Å². The molecule has 1 saturated heterocycles. The van der Waals surface area contributed by atoms with Crippen LogP contribution in [0.5, 0.6) is 0 Å². The fourth-order valence-corrected chi connectivity index (χ4v) is 2.64. The number of hydrogen-bond donors (Lipinski definition) is 0. The molecular weight excluding hydrogens is 253 g/mol. The minimum Gasteiger partial charge on any atom is -0.341 e. The Morgan fingerprint density at radius 1 is 1.28 bits per heavy atom. The van der Waals surface area contributed by atoms with Gasteiger partial charge in [0.1, 0.15) is 11.6 Å². The number of benzene rings is 1. The quantitative estimate of drug-likeness (QED) is 0.787. The van der Waals surface area contributed by atoms with Crippen LogP contribution in [0.3, 0.4) is 0 Å². The number of carbonyl (C=O) groups excluding carboxylic acids is 2. The zero-order chi connectivity index (χ0) is 13.0. The number of hydrogen-bond acceptors (Lipinski definition) is 3. The number of likely N-dealkylation sites (tertiary alicyclic amines) is 1. The average Bonchev–Trinajstić information content (AvgIpc) is 2.38. The number of piperidine rings is 1. The lowest BCUT2D eigenvalue weighted by molar-refractivity contribution is -0.132. The van der Waals surface area contributed by atoms with Gasteiger partial charge >= 0.3 is 0 Å². The molecule has 1 fully saturated rings. The molecule has 1 aromatic rings. The lowest BCUT2D eigenvalue weighted by Crippen LogP contribution is -2.39. The molecule has 0 radical (unpaired) electrons. The molecule has 0 bridgehead atoms. The van der Waals surface area contributed by atoms with Gasteiger partial charge < -0.3 is 4.90 Å². The lowest BCUT2D eigenvalue weighted by Gasteiger charge is -2.25. The molecule has 0 N–H and O–H groups in total. The van der Waals surface area contributed by atoms with E-state index in [1.165, 1.54) is 17.8 Å². The van der Waals surface area contributed by atoms with Gasteiger partial charge in [-0.15, -0.1) is 11.8 Å². The van der Waals surface area contributed by atoms with Gasteiger partial charge in [-0.25, -0.2) is 4.39 Å². The average molecular weight is 267 g/mol. The first-order valence-corrected chi connectivity index (χ1v) is 6.82. The zero-order valence-electron chi connectivity index (χ0n) is 9.89. The van der Waals surface area contributed by atoms with E-state index in [1.54, 1.807) is 23.1 Å². The van der Waals surface area contributed by atoms with Gasteiger partial charge in [0.05, 0.1) is 5.75 Å². The van der Waals surface area contributed by atoms with Crippen LogP contribution in [0.2, 0.25) is 0 Å². The molecule has 18 heavy (non-hydrogen) atoms. The molecule has 5 heteroatoms. The maximum atomic E-state index is 13.3. The van der Waals surface area contributed by atoms with E-state index in [0.29, 0.717) is 30.8 Å². The first-order chi connectivity index (χ1) is 8.66. The highest BCUT2D eigenvalue weighted by atomic mass is 32.2. The minimum atomic E-state index is -0.302. The minimum absolute atomic E-state index is 0.0317. The van der Waals surface area contributed by atoms with E-state index < -0.39 is 0 Å². The SMILES string of the molecule is O=C1CCN(C(=O)CSc2ccccc2F)CC1. The smallest absolute Gasteiger partial charge is 0.232 e. The fraction of sp³-hybridized carbons (Fsp3) is 0.385. The van der Waals surface area contributed by atoms with E-state index in [1.807, 2.05) is 0 Å². The van der Waals surface area contributed by atoms with Gasteiger partial charge in [0.2, 0.25) is 5.91 Å². The zero-order valence-corrected chi connectivity index (χ0v) is 10.7. The summed E-state index contributed by atoms with van der Waals surface area (Å²) in [6, 6.07) is 6.41. The van der Waals surface area contributed by atoms with Crippen molar-refractivity contribution in [1.29, 1.82) is 0 Å². The Morgan fingerprint density at radius 3 is 2.61 bits per heavy atom. The molecule has 1 heterocycles. The van der Waals surface area contributed by atoms with Crippen LogP contribution in [-0.4, -0.2) is 35.4 Å². The summed E-state index contributed by atoms with van der Waals surface area (Å²) < 4.78 is 13.3. The second-order valence-electron chi connectivity index (χ2n) is 4.14. The highest BCUT2D eigenvalue weighted by Gasteiger charge is 2.20. The van der Waals surface area contributed by atoms with Crippen molar-refractivity contribution in [1.82, 2.24) is 4.90 Å². The van der Waals surface area contributed by atoms with Gasteiger partial charge in [-0.3, -0.25) is 9.59 Å². The van der Waals surface area contributed by atoms with Crippen LogP contribution in [0.1, 0.15) is 12.8 Å². The third kappa shape index (κ3) is 3.32. The molecule has 1 aliphatic heterocycles. The molecule has 3 nitrogen and oxygen atoms in total. The van der Waals surface area contributed by atoms with Crippen LogP contribution in [0, 0.1) is 5.82 Å². The summed E-state index contributed by atoms with van der Waals surface area (Å²) in [5.41, 5.74) is 0. The summed E-state index contributed by atoms with van der Waals surface area (Å²) in [4.78, 5) is 25.1. The van der Waals surface area contributed by atoms with E-state index in [4.69, 9.17) is 0 Å². The van der Waals surface area contributed by atoms with E-state index in [9.17, 15) is 14.0 Å². The highest BCUT2D eigenvalue weighted by Crippen LogP contribution is 2.21. The third-order valence-electron chi connectivity index (χ3n) is 2.86. The second-order valence-corrected chi connectivity index (χ2v) is 5.16. The molecule has 0 saturated carbocycles. The number of rotatable bonds is 3. The van der Waals surface area contributed by atoms with Crippen molar-refractivity contribution in [3.63, 3.8) is 0 Å². The monoisotopic (exact) mass is 267 g/mol. The van der Waals surface area contributed by atoms with Crippen LogP contribution in [0.15, 0.2) is 29.2 Å². The molecule has 1 aromatic carbocycles. The Morgan fingerprint density at radius 2 is 1.94 bits per heavy atom. The molecule has 0 spiro atoms. The summed E-state index contributed by atoms with van der Waals surface area (Å²) in [7, 11) is 0. The topological polar surface area (TPSA) is 37.4 Å². The van der Waals surface area contributed by atoms with E-state index in [0.717, 1.165) is 0 Å². The van der Waals surface area contributed by atoms with Crippen molar-refractivity contribution in [2.75, 3.05) is 18.8 Å². The van der Waals surface area contributed by atoms with Gasteiger partial charge in [0.25, 0.3) is 0 Å². The van der Waals surface area contributed by atoms with Gasteiger partial charge in [-0.2, -0.15) is 0 Å². The van der Waals surface area contributed by atoms with Crippen LogP contribution >= 0.6 is 11.8 Å². The number of thioether (sulfide) groups is 1. The normalized spacial score (nSPS) is 15.8. The standard InChI is InChI=1S/C13H14FNO2S/c14-11-3-1-2-4-12(11)18-9-13(17)15-7-5-10(16)6-8-15/h1-4H,5-9H2. The van der Waals surface area contributed by atoms with Crippen LogP contribution < -0.4 is 0 Å². The third-order valence-corrected chi connectivity index (χ3v) is 3.90. The van der Waals surface area contributed by atoms with Gasteiger partial charge in [0, 0.05) is 30.8 Å². The number of Topliss-reactive ketones (excluding diaryl/α,β-unsaturated/α-hetero) is 1. The van der Waals surface area contributed by atoms with Crippen molar-refractivity contribution in [3.8, 4) is 0 Å². The first kappa shape index (κ1) is 13.1. The first-order valence-electron chi connectivity index (χ1n) is 5.83. The molecule has 0 aliphatic carbocycles. The fourth-order valence-electron chi connectivity index (χ4n) is 1.80. The molecule has 1 amide bonds. The number of halogens is 1. The predicted octanol–water partition coefficient (Wildman–Crippen LogP) is 2.11. The lowest BCUT2D eigenvalue weighted by atomic mass is 10.1. The summed E-state index contributed by atoms with van der Waals surface area (Å²) in [5, 5.41) is 0. The van der Waals surface area contributed by atoms with E-state index in [2.05, 4.69) is 0 Å². The van der Waals surface area contributed by atoms with Gasteiger partial charge in [-0.05, 0) is 12.1 Å². The van der Waals surface area contributed by atoms with Crippen molar-refractivity contribution in [3.05, 3.63) is 30.1 Å². The van der Waals surface area contributed by atoms with Gasteiger partial charge in [0.15, 0.2) is 0 Å². The maximum Gasteiger partial charge on any atom is 0.232 e. The molecule has 0 aromatic heterocycles. The summed E-state index contributed by atoms with van der Waals surface area (Å²) in [5.74, 6) is 0.0930. The van der Waals surface area contributed by atoms with Crippen molar-refractivity contribution in [2.24, 2.45) is 0 Å². The molecular formula is C13H14FNO2S. The Labute approximate surface area is 109 Å². The summed E-state index contributed by atoms with van der Waals surface area (Å²) in [6.07, 6.45) is 0.881. The van der Waals surface area contributed by atoms with Gasteiger partial charge in [-0.1, -0.05) is 12.1 Å². The molecule has 1 aliphatic rings. The number of nitrogens with zero attached hydrogens (tertiary/aromatic N) is 1. The maximum absolute atomic E-state index is 13.3. The predicted molar refractivity (Wildman–Crippen MR) is 67.9 cm³/mol. The Hall–Kier alpha value is -1.36. The van der Waals surface area contributed by atoms with Crippen molar-refractivity contribution >= 4 is 23.5 Å². The van der Waals surface area contributed by atoms with Crippen LogP contribution in [0.25, 0.3) is 0 Å². The molecule has 2 rings (SSSR count). The molecule has 0 unspecified atom stereocenters. The Balaban J connectivity index is 1.85. The van der Waals surface area contributed by atoms with Crippen LogP contribution in [-0.2, 0) is 9.59 Å². The van der Waals surface area contributed by atoms with E-state index in [-0.39, 0.29) is 23.3 Å². The Bertz CT molecular complexity index is 454. The molecule has 96 valence electrons. The van der Waals surface area contributed by atoms with Crippen molar-refractivity contribution in [2.45, 2.75) is 17.7 Å². The summed E-state index contributed by atoms with van der Waals surface area (Å²) in [6.45, 7) is 0.991. The molecule has 0 atom stereocenters. The highest BCUT2D eigenvalue weighted by molar-refractivity contribution is 8.00. The van der Waals surface area contributed by atoms with Crippen molar-refractivity contribution < 1.29 is 14.0 Å². The summed E-state index contributed by atoms with van der Waals surface area (Å²) >= 11 is 1.20.